The Bertz CT molecular complexity index is 53.7. The molecule has 3 heteroatoms. The van der Waals surface area contributed by atoms with Crippen molar-refractivity contribution in [1.82, 2.24) is 5.32 Å². The van der Waals surface area contributed by atoms with Gasteiger partial charge in [0, 0.05) is 11.8 Å². The van der Waals surface area contributed by atoms with Gasteiger partial charge in [-0.15, -0.1) is 0 Å². The maximum Gasteiger partial charge on any atom is 0.0284 e. The SMILES string of the molecule is ISC1CCNC1. The second-order valence-electron chi connectivity index (χ2n) is 1.70. The molecule has 1 atom stereocenters. The van der Waals surface area contributed by atoms with Gasteiger partial charge >= 0.3 is 0 Å². The van der Waals surface area contributed by atoms with E-state index in [0.717, 1.165) is 5.25 Å². The van der Waals surface area contributed by atoms with Crippen LogP contribution in [0.4, 0.5) is 0 Å². The van der Waals surface area contributed by atoms with Crippen molar-refractivity contribution in [2.75, 3.05) is 13.1 Å². The van der Waals surface area contributed by atoms with Crippen LogP contribution in [0.25, 0.3) is 0 Å². The highest BCUT2D eigenvalue weighted by molar-refractivity contribution is 14.2. The molecule has 0 spiro atoms. The average molecular weight is 229 g/mol. The molecule has 1 saturated heterocycles. The van der Waals surface area contributed by atoms with Gasteiger partial charge in [-0.05, 0) is 34.2 Å². The lowest BCUT2D eigenvalue weighted by molar-refractivity contribution is 0.859. The van der Waals surface area contributed by atoms with E-state index >= 15 is 0 Å². The molecule has 7 heavy (non-hydrogen) atoms. The molecule has 1 aliphatic rings. The van der Waals surface area contributed by atoms with Gasteiger partial charge in [-0.3, -0.25) is 0 Å². The van der Waals surface area contributed by atoms with Crippen LogP contribution >= 0.6 is 30.1 Å². The normalized spacial score (nSPS) is 31.3. The number of nitrogens with one attached hydrogen (secondary N) is 1. The van der Waals surface area contributed by atoms with Crippen LogP contribution in [0.1, 0.15) is 6.42 Å². The highest BCUT2D eigenvalue weighted by Gasteiger charge is 2.12. The van der Waals surface area contributed by atoms with Crippen molar-refractivity contribution in [3.05, 3.63) is 0 Å². The molecule has 1 aliphatic heterocycles. The summed E-state index contributed by atoms with van der Waals surface area (Å²) in [6, 6.07) is 0. The van der Waals surface area contributed by atoms with Crippen LogP contribution in [0.15, 0.2) is 0 Å². The molecule has 1 heterocycles. The summed E-state index contributed by atoms with van der Waals surface area (Å²) in [4.78, 5) is 0. The Hall–Kier alpha value is 1.04. The Morgan fingerprint density at radius 3 is 2.86 bits per heavy atom. The predicted molar refractivity (Wildman–Crippen MR) is 42.9 cm³/mol. The number of hydrogen-bond acceptors (Lipinski definition) is 2. The second kappa shape index (κ2) is 3.14. The molecular weight excluding hydrogens is 221 g/mol. The van der Waals surface area contributed by atoms with Crippen molar-refractivity contribution in [3.8, 4) is 0 Å². The van der Waals surface area contributed by atoms with Crippen LogP contribution in [0.5, 0.6) is 0 Å². The summed E-state index contributed by atoms with van der Waals surface area (Å²) in [7, 11) is 1.94. The first-order valence-electron chi connectivity index (χ1n) is 2.41. The standard InChI is InChI=1S/C4H8INS/c5-7-4-1-2-6-3-4/h4,6H,1-3H2. The van der Waals surface area contributed by atoms with Gasteiger partial charge < -0.3 is 5.32 Å². The maximum absolute atomic E-state index is 3.30. The Morgan fingerprint density at radius 2 is 2.57 bits per heavy atom. The van der Waals surface area contributed by atoms with Gasteiger partial charge in [-0.1, -0.05) is 8.93 Å². The Kier molecular flexibility index (Phi) is 2.77. The quantitative estimate of drug-likeness (QED) is 0.682. The van der Waals surface area contributed by atoms with Crippen LogP contribution < -0.4 is 5.32 Å². The first-order valence-corrected chi connectivity index (χ1v) is 5.84. The predicted octanol–water partition coefficient (Wildman–Crippen LogP) is 1.43. The first kappa shape index (κ1) is 6.16. The summed E-state index contributed by atoms with van der Waals surface area (Å²) in [6.45, 7) is 2.44. The molecule has 0 aromatic carbocycles. The average Bonchev–Trinajstić information content (AvgIpc) is 2.14. The number of hydrogen-bond donors (Lipinski definition) is 1. The van der Waals surface area contributed by atoms with Gasteiger partial charge in [0.2, 0.25) is 0 Å². The fourth-order valence-electron chi connectivity index (χ4n) is 0.704. The van der Waals surface area contributed by atoms with Crippen molar-refractivity contribution in [3.63, 3.8) is 0 Å². The molecule has 1 rings (SSSR count). The number of halogens is 1. The molecule has 1 unspecified atom stereocenters. The monoisotopic (exact) mass is 229 g/mol. The minimum absolute atomic E-state index is 0.889. The lowest BCUT2D eigenvalue weighted by atomic mass is 10.4. The van der Waals surface area contributed by atoms with Crippen molar-refractivity contribution in [2.45, 2.75) is 11.7 Å². The van der Waals surface area contributed by atoms with Gasteiger partial charge in [0.1, 0.15) is 0 Å². The van der Waals surface area contributed by atoms with Gasteiger partial charge in [-0.25, -0.2) is 0 Å². The fraction of sp³-hybridized carbons (Fsp3) is 1.00. The van der Waals surface area contributed by atoms with Crippen LogP contribution in [0.3, 0.4) is 0 Å². The van der Waals surface area contributed by atoms with E-state index in [-0.39, 0.29) is 0 Å². The molecular formula is C4H8INS. The summed E-state index contributed by atoms with van der Waals surface area (Å²) in [6.07, 6.45) is 1.35. The van der Waals surface area contributed by atoms with E-state index in [2.05, 4.69) is 26.5 Å². The zero-order valence-electron chi connectivity index (χ0n) is 3.98. The molecule has 42 valence electrons. The Morgan fingerprint density at radius 1 is 1.71 bits per heavy atom. The molecule has 0 aromatic rings. The van der Waals surface area contributed by atoms with Gasteiger partial charge in [0.15, 0.2) is 0 Å². The molecule has 0 aromatic heterocycles. The topological polar surface area (TPSA) is 12.0 Å². The molecule has 1 N–H and O–H groups in total. The van der Waals surface area contributed by atoms with Crippen LogP contribution in [0.2, 0.25) is 0 Å². The van der Waals surface area contributed by atoms with Crippen molar-refractivity contribution in [1.29, 1.82) is 0 Å². The third-order valence-corrected chi connectivity index (χ3v) is 3.95. The van der Waals surface area contributed by atoms with E-state index in [1.54, 1.807) is 0 Å². The van der Waals surface area contributed by atoms with Gasteiger partial charge in [-0.2, -0.15) is 0 Å². The molecule has 0 aliphatic carbocycles. The van der Waals surface area contributed by atoms with E-state index in [0.29, 0.717) is 0 Å². The highest BCUT2D eigenvalue weighted by Crippen LogP contribution is 2.23. The van der Waals surface area contributed by atoms with Crippen molar-refractivity contribution in [2.24, 2.45) is 0 Å². The smallest absolute Gasteiger partial charge is 0.0284 e. The van der Waals surface area contributed by atoms with Crippen LogP contribution in [0, 0.1) is 0 Å². The number of rotatable bonds is 1. The largest absolute Gasteiger partial charge is 0.316 e. The van der Waals surface area contributed by atoms with E-state index in [1.807, 2.05) is 8.93 Å². The molecule has 0 saturated carbocycles. The van der Waals surface area contributed by atoms with Gasteiger partial charge in [0.25, 0.3) is 0 Å². The van der Waals surface area contributed by atoms with E-state index in [9.17, 15) is 0 Å². The Labute approximate surface area is 60.2 Å². The second-order valence-corrected chi connectivity index (χ2v) is 4.07. The summed E-state index contributed by atoms with van der Waals surface area (Å²) in [5.74, 6) is 0. The minimum atomic E-state index is 0.889. The van der Waals surface area contributed by atoms with E-state index in [1.165, 1.54) is 19.5 Å². The molecule has 1 fully saturated rings. The third kappa shape index (κ3) is 1.77. The zero-order chi connectivity index (χ0) is 5.11. The van der Waals surface area contributed by atoms with Crippen LogP contribution in [-0.4, -0.2) is 18.3 Å². The Balaban J connectivity index is 2.14. The van der Waals surface area contributed by atoms with E-state index in [4.69, 9.17) is 0 Å². The fourth-order valence-corrected chi connectivity index (χ4v) is 2.39. The summed E-state index contributed by atoms with van der Waals surface area (Å²) >= 11 is 2.37. The van der Waals surface area contributed by atoms with Crippen LogP contribution in [-0.2, 0) is 0 Å². The molecule has 0 amide bonds. The molecule has 0 bridgehead atoms. The van der Waals surface area contributed by atoms with Crippen molar-refractivity contribution >= 4 is 30.1 Å². The van der Waals surface area contributed by atoms with E-state index < -0.39 is 0 Å². The molecule has 0 radical (unpaired) electrons. The minimum Gasteiger partial charge on any atom is -0.316 e. The molecule has 1 nitrogen and oxygen atoms in total. The highest BCUT2D eigenvalue weighted by atomic mass is 127. The van der Waals surface area contributed by atoms with Crippen molar-refractivity contribution < 1.29 is 0 Å². The first-order chi connectivity index (χ1) is 3.43. The third-order valence-electron chi connectivity index (χ3n) is 1.14. The summed E-state index contributed by atoms with van der Waals surface area (Å²) in [5, 5.41) is 4.19. The summed E-state index contributed by atoms with van der Waals surface area (Å²) in [5.41, 5.74) is 0. The zero-order valence-corrected chi connectivity index (χ0v) is 6.96. The van der Waals surface area contributed by atoms with Gasteiger partial charge in [0.05, 0.1) is 0 Å². The lowest BCUT2D eigenvalue weighted by Gasteiger charge is -1.96. The maximum atomic E-state index is 3.30. The summed E-state index contributed by atoms with van der Waals surface area (Å²) < 4.78 is 0. The lowest BCUT2D eigenvalue weighted by Crippen LogP contribution is -2.08.